The maximum atomic E-state index is 11.3. The van der Waals surface area contributed by atoms with Gasteiger partial charge in [-0.1, -0.05) is 23.7 Å². The standard InChI is InChI=1S/C12H17ClN2O2/c1-15(2)8-7-14-12(16)17-9-10-3-5-11(13)6-4-10/h3-6H,7-9H2,1-2H3,(H,14,16). The summed E-state index contributed by atoms with van der Waals surface area (Å²) in [4.78, 5) is 13.3. The Morgan fingerprint density at radius 3 is 2.59 bits per heavy atom. The Morgan fingerprint density at radius 1 is 1.35 bits per heavy atom. The molecule has 0 aliphatic carbocycles. The van der Waals surface area contributed by atoms with Crippen LogP contribution < -0.4 is 5.32 Å². The summed E-state index contributed by atoms with van der Waals surface area (Å²) >= 11 is 5.75. The number of nitrogens with zero attached hydrogens (tertiary/aromatic N) is 1. The molecule has 1 rings (SSSR count). The van der Waals surface area contributed by atoms with Crippen LogP contribution in [0.4, 0.5) is 4.79 Å². The van der Waals surface area contributed by atoms with E-state index < -0.39 is 6.09 Å². The molecule has 1 aromatic carbocycles. The number of amides is 1. The molecule has 94 valence electrons. The van der Waals surface area contributed by atoms with E-state index in [0.717, 1.165) is 12.1 Å². The normalized spacial score (nSPS) is 10.4. The van der Waals surface area contributed by atoms with Crippen LogP contribution in [0.25, 0.3) is 0 Å². The van der Waals surface area contributed by atoms with Crippen molar-refractivity contribution in [3.63, 3.8) is 0 Å². The third-order valence-corrected chi connectivity index (χ3v) is 2.36. The highest BCUT2D eigenvalue weighted by Gasteiger charge is 2.02. The molecule has 1 N–H and O–H groups in total. The molecule has 5 heteroatoms. The van der Waals surface area contributed by atoms with Crippen molar-refractivity contribution in [2.24, 2.45) is 0 Å². The maximum absolute atomic E-state index is 11.3. The third-order valence-electron chi connectivity index (χ3n) is 2.11. The lowest BCUT2D eigenvalue weighted by atomic mass is 10.2. The van der Waals surface area contributed by atoms with Gasteiger partial charge in [0.05, 0.1) is 0 Å². The summed E-state index contributed by atoms with van der Waals surface area (Å²) < 4.78 is 5.04. The van der Waals surface area contributed by atoms with E-state index >= 15 is 0 Å². The van der Waals surface area contributed by atoms with Gasteiger partial charge in [0.15, 0.2) is 0 Å². The first-order valence-corrected chi connectivity index (χ1v) is 5.75. The molecular formula is C12H17ClN2O2. The number of hydrogen-bond donors (Lipinski definition) is 1. The number of likely N-dealkylation sites (N-methyl/N-ethyl adjacent to an activating group) is 1. The number of rotatable bonds is 5. The van der Waals surface area contributed by atoms with Crippen molar-refractivity contribution in [2.45, 2.75) is 6.61 Å². The van der Waals surface area contributed by atoms with Crippen LogP contribution in [0.3, 0.4) is 0 Å². The summed E-state index contributed by atoms with van der Waals surface area (Å²) in [5.41, 5.74) is 0.914. The first-order chi connectivity index (χ1) is 8.08. The number of carbonyl (C=O) groups is 1. The average Bonchev–Trinajstić information content (AvgIpc) is 2.28. The highest BCUT2D eigenvalue weighted by atomic mass is 35.5. The summed E-state index contributed by atoms with van der Waals surface area (Å²) in [5, 5.41) is 3.34. The minimum atomic E-state index is -0.401. The molecule has 0 radical (unpaired) electrons. The van der Waals surface area contributed by atoms with Crippen molar-refractivity contribution >= 4 is 17.7 Å². The first kappa shape index (κ1) is 13.8. The van der Waals surface area contributed by atoms with Gasteiger partial charge < -0.3 is 15.0 Å². The van der Waals surface area contributed by atoms with Crippen LogP contribution in [-0.4, -0.2) is 38.2 Å². The molecule has 0 heterocycles. The zero-order valence-electron chi connectivity index (χ0n) is 10.1. The highest BCUT2D eigenvalue weighted by molar-refractivity contribution is 6.30. The summed E-state index contributed by atoms with van der Waals surface area (Å²) in [6.45, 7) is 1.62. The predicted molar refractivity (Wildman–Crippen MR) is 68.2 cm³/mol. The SMILES string of the molecule is CN(C)CCNC(=O)OCc1ccc(Cl)cc1. The second kappa shape index (κ2) is 7.14. The maximum Gasteiger partial charge on any atom is 0.407 e. The van der Waals surface area contributed by atoms with Crippen LogP contribution in [0, 0.1) is 0 Å². The van der Waals surface area contributed by atoms with Gasteiger partial charge >= 0.3 is 6.09 Å². The van der Waals surface area contributed by atoms with E-state index in [2.05, 4.69) is 5.32 Å². The molecule has 0 aliphatic heterocycles. The van der Waals surface area contributed by atoms with Crippen LogP contribution in [0.15, 0.2) is 24.3 Å². The van der Waals surface area contributed by atoms with Crippen LogP contribution in [0.1, 0.15) is 5.56 Å². The zero-order valence-corrected chi connectivity index (χ0v) is 10.8. The third kappa shape index (κ3) is 6.14. The fourth-order valence-corrected chi connectivity index (χ4v) is 1.29. The van der Waals surface area contributed by atoms with Crippen LogP contribution in [-0.2, 0) is 11.3 Å². The Balaban J connectivity index is 2.21. The van der Waals surface area contributed by atoms with Crippen molar-refractivity contribution < 1.29 is 9.53 Å². The Hall–Kier alpha value is -1.26. The van der Waals surface area contributed by atoms with E-state index in [9.17, 15) is 4.79 Å². The van der Waals surface area contributed by atoms with Gasteiger partial charge in [0.1, 0.15) is 6.61 Å². The molecule has 0 saturated heterocycles. The predicted octanol–water partition coefficient (Wildman–Crippen LogP) is 2.13. The Morgan fingerprint density at radius 2 is 2.00 bits per heavy atom. The molecule has 1 aromatic rings. The van der Waals surface area contributed by atoms with Gasteiger partial charge in [-0.25, -0.2) is 4.79 Å². The van der Waals surface area contributed by atoms with Gasteiger partial charge in [-0.2, -0.15) is 0 Å². The lowest BCUT2D eigenvalue weighted by Crippen LogP contribution is -2.31. The second-order valence-corrected chi connectivity index (χ2v) is 4.37. The van der Waals surface area contributed by atoms with Crippen molar-refractivity contribution in [1.82, 2.24) is 10.2 Å². The van der Waals surface area contributed by atoms with Crippen LogP contribution >= 0.6 is 11.6 Å². The highest BCUT2D eigenvalue weighted by Crippen LogP contribution is 2.10. The smallest absolute Gasteiger partial charge is 0.407 e. The van der Waals surface area contributed by atoms with Crippen molar-refractivity contribution in [1.29, 1.82) is 0 Å². The molecule has 0 unspecified atom stereocenters. The second-order valence-electron chi connectivity index (χ2n) is 3.93. The number of ether oxygens (including phenoxy) is 1. The number of carbonyl (C=O) groups excluding carboxylic acids is 1. The monoisotopic (exact) mass is 256 g/mol. The van der Waals surface area contributed by atoms with Gasteiger partial charge in [-0.3, -0.25) is 0 Å². The average molecular weight is 257 g/mol. The quantitative estimate of drug-likeness (QED) is 0.878. The van der Waals surface area contributed by atoms with Crippen molar-refractivity contribution in [3.8, 4) is 0 Å². The van der Waals surface area contributed by atoms with Crippen molar-refractivity contribution in [2.75, 3.05) is 27.2 Å². The molecule has 4 nitrogen and oxygen atoms in total. The molecule has 17 heavy (non-hydrogen) atoms. The molecule has 0 atom stereocenters. The molecule has 0 spiro atoms. The molecule has 1 amide bonds. The fraction of sp³-hybridized carbons (Fsp3) is 0.417. The summed E-state index contributed by atoms with van der Waals surface area (Å²) in [6.07, 6.45) is -0.401. The Labute approximate surface area is 107 Å². The zero-order chi connectivity index (χ0) is 12.7. The minimum absolute atomic E-state index is 0.255. The Bertz CT molecular complexity index is 352. The fourth-order valence-electron chi connectivity index (χ4n) is 1.16. The Kier molecular flexibility index (Phi) is 5.80. The van der Waals surface area contributed by atoms with Gasteiger partial charge in [0.25, 0.3) is 0 Å². The molecule has 0 saturated carbocycles. The van der Waals surface area contributed by atoms with Gasteiger partial charge in [-0.15, -0.1) is 0 Å². The minimum Gasteiger partial charge on any atom is -0.445 e. The van der Waals surface area contributed by atoms with E-state index in [1.807, 2.05) is 31.1 Å². The molecule has 0 aliphatic rings. The lowest BCUT2D eigenvalue weighted by molar-refractivity contribution is 0.139. The summed E-state index contributed by atoms with van der Waals surface area (Å²) in [7, 11) is 3.89. The van der Waals surface area contributed by atoms with Crippen molar-refractivity contribution in [3.05, 3.63) is 34.9 Å². The van der Waals surface area contributed by atoms with E-state index in [4.69, 9.17) is 16.3 Å². The van der Waals surface area contributed by atoms with E-state index in [1.165, 1.54) is 0 Å². The number of hydrogen-bond acceptors (Lipinski definition) is 3. The lowest BCUT2D eigenvalue weighted by Gasteiger charge is -2.10. The summed E-state index contributed by atoms with van der Waals surface area (Å²) in [6, 6.07) is 7.19. The number of alkyl carbamates (subject to hydrolysis) is 1. The van der Waals surface area contributed by atoms with Gasteiger partial charge in [0, 0.05) is 18.1 Å². The van der Waals surface area contributed by atoms with Crippen LogP contribution in [0.5, 0.6) is 0 Å². The molecular weight excluding hydrogens is 240 g/mol. The molecule has 0 aromatic heterocycles. The number of nitrogens with one attached hydrogen (secondary N) is 1. The number of halogens is 1. The van der Waals surface area contributed by atoms with E-state index in [0.29, 0.717) is 11.6 Å². The topological polar surface area (TPSA) is 41.6 Å². The van der Waals surface area contributed by atoms with Gasteiger partial charge in [-0.05, 0) is 31.8 Å². The summed E-state index contributed by atoms with van der Waals surface area (Å²) in [5.74, 6) is 0. The van der Waals surface area contributed by atoms with Gasteiger partial charge in [0.2, 0.25) is 0 Å². The van der Waals surface area contributed by atoms with Crippen LogP contribution in [0.2, 0.25) is 5.02 Å². The first-order valence-electron chi connectivity index (χ1n) is 5.38. The largest absolute Gasteiger partial charge is 0.445 e. The molecule has 0 fully saturated rings. The molecule has 0 bridgehead atoms. The number of benzene rings is 1. The van der Waals surface area contributed by atoms with E-state index in [1.54, 1.807) is 12.1 Å². The van der Waals surface area contributed by atoms with E-state index in [-0.39, 0.29) is 6.61 Å².